The summed E-state index contributed by atoms with van der Waals surface area (Å²) in [5.41, 5.74) is 5.42. The van der Waals surface area contributed by atoms with Crippen LogP contribution in [0.4, 0.5) is 4.79 Å². The average molecular weight is 299 g/mol. The standard InChI is InChI=1S/C16H33N3O2/c1-12(2)13-6-8-19(9-7-13)14(10-17)11-18-15(20)21-16(3,4)5/h12-14H,6-11,17H2,1-5H3,(H,18,20). The summed E-state index contributed by atoms with van der Waals surface area (Å²) in [6.07, 6.45) is 2.08. The second-order valence-corrected chi connectivity index (χ2v) is 7.39. The van der Waals surface area contributed by atoms with E-state index < -0.39 is 5.60 Å². The highest BCUT2D eigenvalue weighted by atomic mass is 16.6. The Hall–Kier alpha value is -0.810. The molecule has 1 amide bonds. The van der Waals surface area contributed by atoms with Crippen molar-refractivity contribution in [1.29, 1.82) is 0 Å². The van der Waals surface area contributed by atoms with Gasteiger partial charge in [-0.1, -0.05) is 13.8 Å². The third kappa shape index (κ3) is 6.66. The van der Waals surface area contributed by atoms with E-state index in [1.165, 1.54) is 12.8 Å². The number of rotatable bonds is 5. The van der Waals surface area contributed by atoms with Gasteiger partial charge in [0.15, 0.2) is 0 Å². The van der Waals surface area contributed by atoms with Crippen LogP contribution in [0.2, 0.25) is 0 Å². The van der Waals surface area contributed by atoms with Crippen molar-refractivity contribution in [2.75, 3.05) is 26.2 Å². The van der Waals surface area contributed by atoms with Crippen LogP contribution in [-0.2, 0) is 4.74 Å². The molecule has 0 bridgehead atoms. The van der Waals surface area contributed by atoms with Crippen LogP contribution in [0.25, 0.3) is 0 Å². The van der Waals surface area contributed by atoms with Gasteiger partial charge in [-0.3, -0.25) is 4.90 Å². The summed E-state index contributed by atoms with van der Waals surface area (Å²) in [5.74, 6) is 1.57. The first-order valence-corrected chi connectivity index (χ1v) is 8.14. The fraction of sp³-hybridized carbons (Fsp3) is 0.938. The number of carbonyl (C=O) groups excluding carboxylic acids is 1. The summed E-state index contributed by atoms with van der Waals surface area (Å²) in [4.78, 5) is 14.1. The summed E-state index contributed by atoms with van der Waals surface area (Å²) in [6.45, 7) is 13.4. The Morgan fingerprint density at radius 3 is 2.33 bits per heavy atom. The maximum atomic E-state index is 11.7. The molecule has 0 spiro atoms. The van der Waals surface area contributed by atoms with Gasteiger partial charge < -0.3 is 15.8 Å². The van der Waals surface area contributed by atoms with Crippen molar-refractivity contribution in [2.24, 2.45) is 17.6 Å². The maximum absolute atomic E-state index is 11.7. The maximum Gasteiger partial charge on any atom is 0.407 e. The molecule has 0 saturated carbocycles. The highest BCUT2D eigenvalue weighted by molar-refractivity contribution is 5.67. The van der Waals surface area contributed by atoms with Crippen LogP contribution in [0.1, 0.15) is 47.5 Å². The van der Waals surface area contributed by atoms with Crippen molar-refractivity contribution >= 4 is 6.09 Å². The summed E-state index contributed by atoms with van der Waals surface area (Å²) < 4.78 is 5.26. The number of nitrogens with two attached hydrogens (primary N) is 1. The molecule has 1 aliphatic heterocycles. The molecule has 0 aliphatic carbocycles. The summed E-state index contributed by atoms with van der Waals surface area (Å²) in [6, 6.07) is 0.200. The fourth-order valence-electron chi connectivity index (χ4n) is 2.83. The van der Waals surface area contributed by atoms with Gasteiger partial charge in [0, 0.05) is 19.1 Å². The SMILES string of the molecule is CC(C)C1CCN(C(CN)CNC(=O)OC(C)(C)C)CC1. The first kappa shape index (κ1) is 18.2. The molecule has 1 unspecified atom stereocenters. The molecule has 3 N–H and O–H groups in total. The van der Waals surface area contributed by atoms with Gasteiger partial charge in [0.25, 0.3) is 0 Å². The molecule has 1 saturated heterocycles. The van der Waals surface area contributed by atoms with Crippen molar-refractivity contribution in [3.63, 3.8) is 0 Å². The van der Waals surface area contributed by atoms with Crippen LogP contribution < -0.4 is 11.1 Å². The minimum atomic E-state index is -0.460. The molecule has 1 rings (SSSR count). The number of amides is 1. The minimum absolute atomic E-state index is 0.200. The topological polar surface area (TPSA) is 67.6 Å². The number of alkyl carbamates (subject to hydrolysis) is 1. The zero-order valence-electron chi connectivity index (χ0n) is 14.3. The summed E-state index contributed by atoms with van der Waals surface area (Å²) in [5, 5.41) is 2.84. The van der Waals surface area contributed by atoms with Gasteiger partial charge in [0.2, 0.25) is 0 Å². The third-order valence-corrected chi connectivity index (χ3v) is 4.19. The number of nitrogens with zero attached hydrogens (tertiary/aromatic N) is 1. The molecule has 1 atom stereocenters. The van der Waals surface area contributed by atoms with E-state index in [0.29, 0.717) is 13.1 Å². The smallest absolute Gasteiger partial charge is 0.407 e. The molecular weight excluding hydrogens is 266 g/mol. The quantitative estimate of drug-likeness (QED) is 0.817. The van der Waals surface area contributed by atoms with Crippen LogP contribution in [0.15, 0.2) is 0 Å². The number of ether oxygens (including phenoxy) is 1. The highest BCUT2D eigenvalue weighted by Crippen LogP contribution is 2.25. The molecule has 1 heterocycles. The molecule has 0 aromatic carbocycles. The first-order valence-electron chi connectivity index (χ1n) is 8.14. The molecule has 124 valence electrons. The fourth-order valence-corrected chi connectivity index (χ4v) is 2.83. The number of likely N-dealkylation sites (tertiary alicyclic amines) is 1. The van der Waals surface area contributed by atoms with E-state index in [9.17, 15) is 4.79 Å². The Morgan fingerprint density at radius 2 is 1.90 bits per heavy atom. The molecule has 0 radical (unpaired) electrons. The molecule has 1 fully saturated rings. The van der Waals surface area contributed by atoms with Gasteiger partial charge in [-0.25, -0.2) is 4.79 Å². The molecule has 0 aromatic rings. The third-order valence-electron chi connectivity index (χ3n) is 4.19. The Labute approximate surface area is 129 Å². The van der Waals surface area contributed by atoms with Crippen LogP contribution in [0.3, 0.4) is 0 Å². The van der Waals surface area contributed by atoms with Crippen molar-refractivity contribution in [3.8, 4) is 0 Å². The van der Waals surface area contributed by atoms with E-state index in [4.69, 9.17) is 10.5 Å². The number of nitrogens with one attached hydrogen (secondary N) is 1. The molecular formula is C16H33N3O2. The normalized spacial score (nSPS) is 19.6. The minimum Gasteiger partial charge on any atom is -0.444 e. The Kier molecular flexibility index (Phi) is 6.94. The number of hydrogen-bond donors (Lipinski definition) is 2. The van der Waals surface area contributed by atoms with E-state index in [1.807, 2.05) is 20.8 Å². The lowest BCUT2D eigenvalue weighted by atomic mass is 9.86. The van der Waals surface area contributed by atoms with E-state index in [-0.39, 0.29) is 12.1 Å². The lowest BCUT2D eigenvalue weighted by Crippen LogP contribution is -2.51. The molecule has 1 aliphatic rings. The Morgan fingerprint density at radius 1 is 1.33 bits per heavy atom. The van der Waals surface area contributed by atoms with Crippen LogP contribution >= 0.6 is 0 Å². The Balaban J connectivity index is 2.37. The number of piperidine rings is 1. The van der Waals surface area contributed by atoms with E-state index >= 15 is 0 Å². The molecule has 5 nitrogen and oxygen atoms in total. The lowest BCUT2D eigenvalue weighted by Gasteiger charge is -2.38. The van der Waals surface area contributed by atoms with Crippen molar-refractivity contribution in [3.05, 3.63) is 0 Å². The van der Waals surface area contributed by atoms with Gasteiger partial charge in [-0.2, -0.15) is 0 Å². The van der Waals surface area contributed by atoms with E-state index in [0.717, 1.165) is 24.9 Å². The van der Waals surface area contributed by atoms with Gasteiger partial charge in [-0.05, 0) is 58.5 Å². The van der Waals surface area contributed by atoms with E-state index in [1.54, 1.807) is 0 Å². The zero-order valence-corrected chi connectivity index (χ0v) is 14.3. The first-order chi connectivity index (χ1) is 9.73. The van der Waals surface area contributed by atoms with Crippen LogP contribution in [0.5, 0.6) is 0 Å². The van der Waals surface area contributed by atoms with Gasteiger partial charge >= 0.3 is 6.09 Å². The van der Waals surface area contributed by atoms with Gasteiger partial charge in [-0.15, -0.1) is 0 Å². The molecule has 0 aromatic heterocycles. The molecule has 21 heavy (non-hydrogen) atoms. The Bertz CT molecular complexity index is 318. The molecule has 5 heteroatoms. The van der Waals surface area contributed by atoms with Crippen LogP contribution in [-0.4, -0.2) is 48.8 Å². The predicted molar refractivity (Wildman–Crippen MR) is 86.2 cm³/mol. The van der Waals surface area contributed by atoms with E-state index in [2.05, 4.69) is 24.1 Å². The summed E-state index contributed by atoms with van der Waals surface area (Å²) >= 11 is 0. The predicted octanol–water partition coefficient (Wildman–Crippen LogP) is 2.21. The zero-order chi connectivity index (χ0) is 16.0. The van der Waals surface area contributed by atoms with Gasteiger partial charge in [0.1, 0.15) is 5.60 Å². The van der Waals surface area contributed by atoms with Gasteiger partial charge in [0.05, 0.1) is 0 Å². The second kappa shape index (κ2) is 7.99. The largest absolute Gasteiger partial charge is 0.444 e. The monoisotopic (exact) mass is 299 g/mol. The number of hydrogen-bond acceptors (Lipinski definition) is 4. The highest BCUT2D eigenvalue weighted by Gasteiger charge is 2.26. The average Bonchev–Trinajstić information content (AvgIpc) is 2.38. The van der Waals surface area contributed by atoms with Crippen molar-refractivity contribution in [2.45, 2.75) is 59.1 Å². The van der Waals surface area contributed by atoms with Crippen LogP contribution in [0, 0.1) is 11.8 Å². The number of carbonyl (C=O) groups is 1. The lowest BCUT2D eigenvalue weighted by molar-refractivity contribution is 0.0494. The van der Waals surface area contributed by atoms with Crippen molar-refractivity contribution < 1.29 is 9.53 Å². The second-order valence-electron chi connectivity index (χ2n) is 7.39. The summed E-state index contributed by atoms with van der Waals surface area (Å²) in [7, 11) is 0. The van der Waals surface area contributed by atoms with Crippen molar-refractivity contribution in [1.82, 2.24) is 10.2 Å².